The van der Waals surface area contributed by atoms with Crippen molar-refractivity contribution in [3.63, 3.8) is 0 Å². The van der Waals surface area contributed by atoms with E-state index in [2.05, 4.69) is 106 Å². The van der Waals surface area contributed by atoms with Gasteiger partial charge in [0, 0.05) is 5.92 Å². The van der Waals surface area contributed by atoms with Gasteiger partial charge >= 0.3 is 0 Å². The van der Waals surface area contributed by atoms with E-state index in [0.717, 1.165) is 12.8 Å². The van der Waals surface area contributed by atoms with E-state index < -0.39 is 0 Å². The molecule has 0 aromatic heterocycles. The molecule has 0 fully saturated rings. The number of aryl methyl sites for hydroxylation is 2. The molecule has 0 saturated carbocycles. The third kappa shape index (κ3) is 2.83. The highest BCUT2D eigenvalue weighted by molar-refractivity contribution is 5.86. The average Bonchev–Trinajstić information content (AvgIpc) is 3.37. The Morgan fingerprint density at radius 2 is 1.47 bits per heavy atom. The third-order valence-corrected chi connectivity index (χ3v) is 7.43. The van der Waals surface area contributed by atoms with Gasteiger partial charge in [0.1, 0.15) is 0 Å². The first-order valence-corrected chi connectivity index (χ1v) is 11.8. The molecule has 0 saturated heterocycles. The minimum absolute atomic E-state index is 0.352. The van der Waals surface area contributed by atoms with Crippen molar-refractivity contribution in [3.05, 3.63) is 123 Å². The maximum Gasteiger partial charge on any atom is 0.0311 e. The van der Waals surface area contributed by atoms with Crippen molar-refractivity contribution in [2.75, 3.05) is 0 Å². The van der Waals surface area contributed by atoms with Crippen LogP contribution < -0.4 is 0 Å². The van der Waals surface area contributed by atoms with Gasteiger partial charge < -0.3 is 0 Å². The van der Waals surface area contributed by atoms with Gasteiger partial charge in [-0.25, -0.2) is 0 Å². The van der Waals surface area contributed by atoms with Crippen molar-refractivity contribution in [2.24, 2.45) is 0 Å². The van der Waals surface area contributed by atoms with Crippen LogP contribution in [0.25, 0.3) is 28.3 Å². The highest BCUT2D eigenvalue weighted by atomic mass is 14.3. The van der Waals surface area contributed by atoms with E-state index in [1.54, 1.807) is 0 Å². The van der Waals surface area contributed by atoms with E-state index in [-0.39, 0.29) is 0 Å². The Bertz CT molecular complexity index is 1400. The molecule has 0 bridgehead atoms. The molecule has 0 aliphatic heterocycles. The van der Waals surface area contributed by atoms with Gasteiger partial charge in [0.25, 0.3) is 0 Å². The molecule has 1 unspecified atom stereocenters. The Labute approximate surface area is 191 Å². The van der Waals surface area contributed by atoms with Crippen molar-refractivity contribution >= 4 is 6.08 Å². The summed E-state index contributed by atoms with van der Waals surface area (Å²) < 4.78 is 0. The topological polar surface area (TPSA) is 0 Å². The molecule has 4 aromatic rings. The van der Waals surface area contributed by atoms with E-state index in [9.17, 15) is 0 Å². The molecule has 1 atom stereocenters. The van der Waals surface area contributed by atoms with Crippen LogP contribution in [-0.4, -0.2) is 0 Å². The largest absolute Gasteiger partial charge is 0.0619 e. The summed E-state index contributed by atoms with van der Waals surface area (Å²) in [7, 11) is 0. The Morgan fingerprint density at radius 3 is 2.28 bits per heavy atom. The highest BCUT2D eigenvalue weighted by Gasteiger charge is 2.31. The second-order valence-electron chi connectivity index (χ2n) is 9.34. The number of allylic oxidation sites excluding steroid dienone is 1. The van der Waals surface area contributed by atoms with Crippen LogP contribution >= 0.6 is 0 Å². The zero-order valence-electron chi connectivity index (χ0n) is 19.1. The third-order valence-electron chi connectivity index (χ3n) is 7.43. The molecule has 0 nitrogen and oxygen atoms in total. The summed E-state index contributed by atoms with van der Waals surface area (Å²) in [6.07, 6.45) is 4.60. The lowest BCUT2D eigenvalue weighted by Crippen LogP contribution is -2.05. The second kappa shape index (κ2) is 7.35. The average molecular weight is 413 g/mol. The van der Waals surface area contributed by atoms with Gasteiger partial charge in [0.05, 0.1) is 0 Å². The molecule has 6 rings (SSSR count). The van der Waals surface area contributed by atoms with Gasteiger partial charge in [-0.15, -0.1) is 0 Å². The maximum absolute atomic E-state index is 2.48. The number of hydrogen-bond donors (Lipinski definition) is 0. The van der Waals surface area contributed by atoms with E-state index in [4.69, 9.17) is 0 Å². The maximum atomic E-state index is 2.48. The van der Waals surface area contributed by atoms with E-state index in [1.807, 2.05) is 0 Å². The molecule has 32 heavy (non-hydrogen) atoms. The zero-order chi connectivity index (χ0) is 21.8. The summed E-state index contributed by atoms with van der Waals surface area (Å²) in [5, 5.41) is 0. The van der Waals surface area contributed by atoms with Crippen molar-refractivity contribution in [1.29, 1.82) is 0 Å². The highest BCUT2D eigenvalue weighted by Crippen LogP contribution is 2.49. The number of fused-ring (bicyclic) bond motifs is 4. The second-order valence-corrected chi connectivity index (χ2v) is 9.34. The lowest BCUT2D eigenvalue weighted by molar-refractivity contribution is 0.895. The van der Waals surface area contributed by atoms with Crippen molar-refractivity contribution in [2.45, 2.75) is 39.5 Å². The fourth-order valence-corrected chi connectivity index (χ4v) is 5.94. The van der Waals surface area contributed by atoms with Crippen molar-refractivity contribution in [1.82, 2.24) is 0 Å². The van der Waals surface area contributed by atoms with Gasteiger partial charge in [-0.1, -0.05) is 103 Å². The molecule has 156 valence electrons. The van der Waals surface area contributed by atoms with Crippen LogP contribution in [0.4, 0.5) is 0 Å². The van der Waals surface area contributed by atoms with Crippen LogP contribution in [0.15, 0.2) is 84.4 Å². The molecule has 2 aliphatic carbocycles. The van der Waals surface area contributed by atoms with E-state index in [0.29, 0.717) is 5.92 Å². The summed E-state index contributed by atoms with van der Waals surface area (Å²) in [5.74, 6) is 0.352. The minimum Gasteiger partial charge on any atom is -0.0619 e. The van der Waals surface area contributed by atoms with Gasteiger partial charge in [-0.3, -0.25) is 0 Å². The first-order valence-electron chi connectivity index (χ1n) is 11.8. The van der Waals surface area contributed by atoms with Crippen LogP contribution in [0.5, 0.6) is 0 Å². The minimum atomic E-state index is 0.352. The molecule has 0 heterocycles. The molecule has 2 aliphatic rings. The fraction of sp³-hybridized carbons (Fsp3) is 0.188. The van der Waals surface area contributed by atoms with Crippen LogP contribution in [0, 0.1) is 13.8 Å². The molecule has 4 aromatic carbocycles. The number of benzene rings is 4. The van der Waals surface area contributed by atoms with Crippen LogP contribution in [-0.2, 0) is 6.42 Å². The smallest absolute Gasteiger partial charge is 0.0311 e. The van der Waals surface area contributed by atoms with E-state index in [1.165, 1.54) is 66.8 Å². The van der Waals surface area contributed by atoms with Gasteiger partial charge in [-0.05, 0) is 82.3 Å². The predicted octanol–water partition coefficient (Wildman–Crippen LogP) is 8.48. The summed E-state index contributed by atoms with van der Waals surface area (Å²) in [5.41, 5.74) is 17.1. The Morgan fingerprint density at radius 1 is 0.719 bits per heavy atom. The monoisotopic (exact) mass is 412 g/mol. The van der Waals surface area contributed by atoms with Gasteiger partial charge in [0.15, 0.2) is 0 Å². The Hall–Kier alpha value is -3.38. The summed E-state index contributed by atoms with van der Waals surface area (Å²) >= 11 is 0. The molecular formula is C32H28. The van der Waals surface area contributed by atoms with E-state index >= 15 is 0 Å². The summed E-state index contributed by atoms with van der Waals surface area (Å²) in [6, 6.07) is 29.6. The molecule has 0 spiro atoms. The van der Waals surface area contributed by atoms with Crippen molar-refractivity contribution < 1.29 is 0 Å². The quantitative estimate of drug-likeness (QED) is 0.279. The SMILES string of the molecule is CCC1=Cc2c(-c3ccc(C)cc3C)cccc2C1c1cccc2c1Cc1ccccc1-2. The fourth-order valence-electron chi connectivity index (χ4n) is 5.94. The summed E-state index contributed by atoms with van der Waals surface area (Å²) in [4.78, 5) is 0. The lowest BCUT2D eigenvalue weighted by Gasteiger charge is -2.21. The van der Waals surface area contributed by atoms with Crippen LogP contribution in [0.1, 0.15) is 58.2 Å². The number of hydrogen-bond acceptors (Lipinski definition) is 0. The number of rotatable bonds is 3. The molecule has 0 N–H and O–H groups in total. The molecule has 0 amide bonds. The Balaban J connectivity index is 1.53. The predicted molar refractivity (Wildman–Crippen MR) is 136 cm³/mol. The van der Waals surface area contributed by atoms with Crippen molar-refractivity contribution in [3.8, 4) is 22.3 Å². The Kier molecular flexibility index (Phi) is 4.43. The van der Waals surface area contributed by atoms with Crippen LogP contribution in [0.3, 0.4) is 0 Å². The first kappa shape index (κ1) is 19.3. The molecule has 0 heteroatoms. The normalized spacial score (nSPS) is 15.8. The zero-order valence-corrected chi connectivity index (χ0v) is 19.1. The standard InChI is InChI=1S/C32H28/c1-4-22-18-30-26(24-16-15-20(2)17-21(24)3)11-7-13-28(30)32(22)29-14-8-12-27-25-10-6-5-9-23(25)19-31(27)29/h5-18,32H,4,19H2,1-3H3. The molecular weight excluding hydrogens is 384 g/mol. The molecule has 0 radical (unpaired) electrons. The van der Waals surface area contributed by atoms with Gasteiger partial charge in [-0.2, -0.15) is 0 Å². The lowest BCUT2D eigenvalue weighted by atomic mass is 9.82. The van der Waals surface area contributed by atoms with Crippen LogP contribution in [0.2, 0.25) is 0 Å². The summed E-state index contributed by atoms with van der Waals surface area (Å²) in [6.45, 7) is 6.71. The first-order chi connectivity index (χ1) is 15.7. The van der Waals surface area contributed by atoms with Gasteiger partial charge in [0.2, 0.25) is 0 Å².